The van der Waals surface area contributed by atoms with Gasteiger partial charge in [-0.3, -0.25) is 9.59 Å². The van der Waals surface area contributed by atoms with E-state index in [0.717, 1.165) is 36.5 Å². The molecule has 1 aliphatic carbocycles. The van der Waals surface area contributed by atoms with Crippen molar-refractivity contribution in [1.82, 2.24) is 10.6 Å². The molecule has 2 amide bonds. The van der Waals surface area contributed by atoms with Crippen molar-refractivity contribution >= 4 is 22.6 Å². The Morgan fingerprint density at radius 3 is 2.50 bits per heavy atom. The van der Waals surface area contributed by atoms with Gasteiger partial charge in [-0.15, -0.1) is 0 Å². The molecule has 1 aliphatic rings. The van der Waals surface area contributed by atoms with Gasteiger partial charge in [-0.05, 0) is 35.7 Å². The van der Waals surface area contributed by atoms with Crippen LogP contribution in [0.2, 0.25) is 0 Å². The number of fused-ring (bicyclic) bond motifs is 1. The minimum atomic E-state index is -0.926. The second-order valence-electron chi connectivity index (χ2n) is 6.26. The van der Waals surface area contributed by atoms with Crippen molar-refractivity contribution in [2.45, 2.75) is 37.8 Å². The van der Waals surface area contributed by atoms with E-state index < -0.39 is 12.6 Å². The number of aliphatic hydroxyl groups is 1. The highest BCUT2D eigenvalue weighted by Crippen LogP contribution is 2.18. The molecular formula is C19H22N2O3. The molecule has 5 nitrogen and oxygen atoms in total. The Kier molecular flexibility index (Phi) is 5.11. The lowest BCUT2D eigenvalue weighted by molar-refractivity contribution is -0.124. The van der Waals surface area contributed by atoms with Crippen molar-refractivity contribution in [3.8, 4) is 0 Å². The molecule has 0 unspecified atom stereocenters. The Balaban J connectivity index is 1.67. The van der Waals surface area contributed by atoms with E-state index >= 15 is 0 Å². The second kappa shape index (κ2) is 7.45. The van der Waals surface area contributed by atoms with Gasteiger partial charge in [-0.1, -0.05) is 43.2 Å². The lowest BCUT2D eigenvalue weighted by Crippen LogP contribution is -2.51. The van der Waals surface area contributed by atoms with Crippen LogP contribution in [0.15, 0.2) is 42.5 Å². The second-order valence-corrected chi connectivity index (χ2v) is 6.26. The molecule has 5 heteroatoms. The number of hydrogen-bond acceptors (Lipinski definition) is 3. The van der Waals surface area contributed by atoms with E-state index in [1.165, 1.54) is 0 Å². The van der Waals surface area contributed by atoms with Crippen LogP contribution in [-0.4, -0.2) is 35.6 Å². The van der Waals surface area contributed by atoms with Crippen LogP contribution in [0.3, 0.4) is 0 Å². The normalized spacial score (nSPS) is 16.0. The Morgan fingerprint density at radius 1 is 1.08 bits per heavy atom. The number of benzene rings is 2. The Hall–Kier alpha value is -2.40. The topological polar surface area (TPSA) is 78.4 Å². The van der Waals surface area contributed by atoms with E-state index in [0.29, 0.717) is 5.56 Å². The summed E-state index contributed by atoms with van der Waals surface area (Å²) in [6.07, 6.45) is 4.14. The number of carbonyl (C=O) groups excluding carboxylic acids is 2. The lowest BCUT2D eigenvalue weighted by Gasteiger charge is -2.19. The van der Waals surface area contributed by atoms with Gasteiger partial charge in [-0.2, -0.15) is 0 Å². The van der Waals surface area contributed by atoms with E-state index in [-0.39, 0.29) is 17.9 Å². The van der Waals surface area contributed by atoms with E-state index in [4.69, 9.17) is 0 Å². The SMILES string of the molecule is O=C(N[C@@H](CO)C(=O)NC1CCCC1)c1ccc2ccccc2c1. The third-order valence-corrected chi connectivity index (χ3v) is 4.52. The summed E-state index contributed by atoms with van der Waals surface area (Å²) in [5, 5.41) is 17.0. The van der Waals surface area contributed by atoms with E-state index in [2.05, 4.69) is 10.6 Å². The zero-order valence-electron chi connectivity index (χ0n) is 13.5. The van der Waals surface area contributed by atoms with Gasteiger partial charge < -0.3 is 15.7 Å². The monoisotopic (exact) mass is 326 g/mol. The third-order valence-electron chi connectivity index (χ3n) is 4.52. The van der Waals surface area contributed by atoms with E-state index in [9.17, 15) is 14.7 Å². The maximum atomic E-state index is 12.4. The average molecular weight is 326 g/mol. The molecule has 0 aliphatic heterocycles. The Morgan fingerprint density at radius 2 is 1.79 bits per heavy atom. The summed E-state index contributed by atoms with van der Waals surface area (Å²) in [7, 11) is 0. The molecule has 3 N–H and O–H groups in total. The summed E-state index contributed by atoms with van der Waals surface area (Å²) >= 11 is 0. The first-order valence-corrected chi connectivity index (χ1v) is 8.38. The lowest BCUT2D eigenvalue weighted by atomic mass is 10.1. The van der Waals surface area contributed by atoms with Crippen molar-refractivity contribution in [3.05, 3.63) is 48.0 Å². The number of aliphatic hydroxyl groups excluding tert-OH is 1. The molecule has 0 saturated heterocycles. The smallest absolute Gasteiger partial charge is 0.252 e. The molecule has 0 heterocycles. The average Bonchev–Trinajstić information content (AvgIpc) is 3.11. The fraction of sp³-hybridized carbons (Fsp3) is 0.368. The quantitative estimate of drug-likeness (QED) is 0.786. The molecule has 126 valence electrons. The van der Waals surface area contributed by atoms with Gasteiger partial charge in [0.2, 0.25) is 5.91 Å². The largest absolute Gasteiger partial charge is 0.394 e. The minimum absolute atomic E-state index is 0.157. The highest BCUT2D eigenvalue weighted by atomic mass is 16.3. The van der Waals surface area contributed by atoms with E-state index in [1.807, 2.05) is 30.3 Å². The summed E-state index contributed by atoms with van der Waals surface area (Å²) in [5.74, 6) is -0.681. The standard InChI is InChI=1S/C19H22N2O3/c22-12-17(19(24)20-16-7-3-4-8-16)21-18(23)15-10-9-13-5-1-2-6-14(13)11-15/h1-2,5-6,9-11,16-17,22H,3-4,7-8,12H2,(H,20,24)(H,21,23)/t17-/m0/s1. The molecule has 2 aromatic carbocycles. The Labute approximate surface area is 141 Å². The molecule has 0 aromatic heterocycles. The van der Waals surface area contributed by atoms with Gasteiger partial charge in [0.1, 0.15) is 6.04 Å². The molecule has 1 atom stereocenters. The third kappa shape index (κ3) is 3.74. The summed E-state index contributed by atoms with van der Waals surface area (Å²) in [6, 6.07) is 12.4. The molecule has 3 rings (SSSR count). The predicted molar refractivity (Wildman–Crippen MR) is 92.7 cm³/mol. The molecular weight excluding hydrogens is 304 g/mol. The number of nitrogens with one attached hydrogen (secondary N) is 2. The highest BCUT2D eigenvalue weighted by Gasteiger charge is 2.24. The van der Waals surface area contributed by atoms with Gasteiger partial charge in [0.05, 0.1) is 6.61 Å². The number of hydrogen-bond donors (Lipinski definition) is 3. The first-order valence-electron chi connectivity index (χ1n) is 8.38. The summed E-state index contributed by atoms with van der Waals surface area (Å²) in [6.45, 7) is -0.419. The number of amides is 2. The molecule has 2 aromatic rings. The number of carbonyl (C=O) groups is 2. The van der Waals surface area contributed by atoms with Crippen LogP contribution in [0.1, 0.15) is 36.0 Å². The van der Waals surface area contributed by atoms with Crippen molar-refractivity contribution < 1.29 is 14.7 Å². The first-order chi connectivity index (χ1) is 11.7. The van der Waals surface area contributed by atoms with Crippen molar-refractivity contribution in [2.75, 3.05) is 6.61 Å². The zero-order chi connectivity index (χ0) is 16.9. The fourth-order valence-corrected chi connectivity index (χ4v) is 3.14. The molecule has 0 radical (unpaired) electrons. The predicted octanol–water partition coefficient (Wildman–Crippen LogP) is 1.99. The molecule has 1 saturated carbocycles. The van der Waals surface area contributed by atoms with Crippen molar-refractivity contribution in [1.29, 1.82) is 0 Å². The molecule has 0 spiro atoms. The maximum Gasteiger partial charge on any atom is 0.252 e. The van der Waals surface area contributed by atoms with Crippen LogP contribution >= 0.6 is 0 Å². The van der Waals surface area contributed by atoms with Crippen molar-refractivity contribution in [2.24, 2.45) is 0 Å². The maximum absolute atomic E-state index is 12.4. The highest BCUT2D eigenvalue weighted by molar-refractivity contribution is 6.00. The van der Waals surface area contributed by atoms with Crippen LogP contribution in [0.5, 0.6) is 0 Å². The number of rotatable bonds is 5. The van der Waals surface area contributed by atoms with Gasteiger partial charge in [0.15, 0.2) is 0 Å². The Bertz CT molecular complexity index is 738. The van der Waals surface area contributed by atoms with Crippen LogP contribution in [-0.2, 0) is 4.79 Å². The van der Waals surface area contributed by atoms with E-state index in [1.54, 1.807) is 12.1 Å². The van der Waals surface area contributed by atoms with Gasteiger partial charge in [-0.25, -0.2) is 0 Å². The molecule has 0 bridgehead atoms. The fourth-order valence-electron chi connectivity index (χ4n) is 3.14. The zero-order valence-corrected chi connectivity index (χ0v) is 13.5. The first kappa shape index (κ1) is 16.5. The molecule has 1 fully saturated rings. The van der Waals surface area contributed by atoms with Gasteiger partial charge in [0, 0.05) is 11.6 Å². The van der Waals surface area contributed by atoms with Crippen LogP contribution in [0.25, 0.3) is 10.8 Å². The van der Waals surface area contributed by atoms with Crippen LogP contribution in [0, 0.1) is 0 Å². The summed E-state index contributed by atoms with van der Waals surface area (Å²) in [4.78, 5) is 24.6. The van der Waals surface area contributed by atoms with Gasteiger partial charge >= 0.3 is 0 Å². The van der Waals surface area contributed by atoms with Gasteiger partial charge in [0.25, 0.3) is 5.91 Å². The summed E-state index contributed by atoms with van der Waals surface area (Å²) < 4.78 is 0. The summed E-state index contributed by atoms with van der Waals surface area (Å²) in [5.41, 5.74) is 0.473. The van der Waals surface area contributed by atoms with Crippen LogP contribution < -0.4 is 10.6 Å². The van der Waals surface area contributed by atoms with Crippen LogP contribution in [0.4, 0.5) is 0 Å². The minimum Gasteiger partial charge on any atom is -0.394 e. The van der Waals surface area contributed by atoms with Crippen molar-refractivity contribution in [3.63, 3.8) is 0 Å². The molecule has 24 heavy (non-hydrogen) atoms.